The molecule has 0 aliphatic rings. The van der Waals surface area contributed by atoms with Gasteiger partial charge in [0.05, 0.1) is 6.04 Å². The van der Waals surface area contributed by atoms with Crippen molar-refractivity contribution in [2.75, 3.05) is 6.54 Å². The molecule has 1 atom stereocenters. The highest BCUT2D eigenvalue weighted by molar-refractivity contribution is 5.94. The predicted octanol–water partition coefficient (Wildman–Crippen LogP) is 2.99. The third-order valence-electron chi connectivity index (χ3n) is 3.65. The van der Waals surface area contributed by atoms with Crippen LogP contribution in [0.5, 0.6) is 0 Å². The Kier molecular flexibility index (Phi) is 5.12. The van der Waals surface area contributed by atoms with Crippen molar-refractivity contribution in [3.8, 4) is 0 Å². The second kappa shape index (κ2) is 7.04. The summed E-state index contributed by atoms with van der Waals surface area (Å²) in [4.78, 5) is 12.3. The number of carbonyl (C=O) groups excluding carboxylic acids is 1. The largest absolute Gasteiger partial charge is 0.346 e. The van der Waals surface area contributed by atoms with Gasteiger partial charge in [0.25, 0.3) is 5.91 Å². The fraction of sp³-hybridized carbons (Fsp3) is 0.278. The van der Waals surface area contributed by atoms with Gasteiger partial charge >= 0.3 is 0 Å². The topological polar surface area (TPSA) is 55.1 Å². The predicted molar refractivity (Wildman–Crippen MR) is 86.3 cm³/mol. The van der Waals surface area contributed by atoms with E-state index >= 15 is 0 Å². The summed E-state index contributed by atoms with van der Waals surface area (Å²) in [5.41, 5.74) is 9.68. The molecule has 2 aromatic carbocycles. The Labute approximate surface area is 126 Å². The van der Waals surface area contributed by atoms with E-state index in [2.05, 4.69) is 18.3 Å². The van der Waals surface area contributed by atoms with Crippen molar-refractivity contribution >= 4 is 5.91 Å². The molecular weight excluding hydrogens is 260 g/mol. The Morgan fingerprint density at radius 1 is 1.14 bits per heavy atom. The lowest BCUT2D eigenvalue weighted by atomic mass is 10.0. The van der Waals surface area contributed by atoms with Crippen molar-refractivity contribution in [2.24, 2.45) is 5.73 Å². The molecular formula is C18H22N2O. The molecule has 110 valence electrons. The van der Waals surface area contributed by atoms with E-state index in [9.17, 15) is 4.79 Å². The van der Waals surface area contributed by atoms with Crippen LogP contribution in [0.1, 0.15) is 40.0 Å². The van der Waals surface area contributed by atoms with E-state index in [0.717, 1.165) is 17.5 Å². The van der Waals surface area contributed by atoms with Crippen LogP contribution in [0.2, 0.25) is 0 Å². The molecule has 0 saturated heterocycles. The van der Waals surface area contributed by atoms with Crippen molar-refractivity contribution in [3.05, 3.63) is 70.8 Å². The Morgan fingerprint density at radius 2 is 1.81 bits per heavy atom. The van der Waals surface area contributed by atoms with E-state index < -0.39 is 0 Å². The minimum Gasteiger partial charge on any atom is -0.346 e. The molecule has 1 amide bonds. The zero-order valence-electron chi connectivity index (χ0n) is 12.6. The van der Waals surface area contributed by atoms with Gasteiger partial charge in [-0.05, 0) is 55.6 Å². The Hall–Kier alpha value is -2.13. The van der Waals surface area contributed by atoms with Gasteiger partial charge < -0.3 is 11.1 Å². The second-order valence-corrected chi connectivity index (χ2v) is 5.29. The Morgan fingerprint density at radius 3 is 2.43 bits per heavy atom. The fourth-order valence-corrected chi connectivity index (χ4v) is 2.42. The lowest BCUT2D eigenvalue weighted by Gasteiger charge is -2.16. The van der Waals surface area contributed by atoms with Crippen LogP contribution in [-0.2, 0) is 6.42 Å². The summed E-state index contributed by atoms with van der Waals surface area (Å²) in [6.07, 6.45) is 0.835. The SMILES string of the molecule is Cc1ccccc1[C@H](C)NC(=O)c1ccc(CCN)cc1. The van der Waals surface area contributed by atoms with Crippen LogP contribution >= 0.6 is 0 Å². The van der Waals surface area contributed by atoms with Crippen molar-refractivity contribution in [1.82, 2.24) is 5.32 Å². The van der Waals surface area contributed by atoms with Crippen LogP contribution < -0.4 is 11.1 Å². The molecule has 3 N–H and O–H groups in total. The number of hydrogen-bond donors (Lipinski definition) is 2. The molecule has 0 aliphatic carbocycles. The molecule has 0 bridgehead atoms. The zero-order valence-corrected chi connectivity index (χ0v) is 12.6. The monoisotopic (exact) mass is 282 g/mol. The standard InChI is InChI=1S/C18H22N2O/c1-13-5-3-4-6-17(13)14(2)20-18(21)16-9-7-15(8-10-16)11-12-19/h3-10,14H,11-12,19H2,1-2H3,(H,20,21)/t14-/m0/s1. The van der Waals surface area contributed by atoms with Gasteiger partial charge in [-0.2, -0.15) is 0 Å². The van der Waals surface area contributed by atoms with Crippen LogP contribution in [0.25, 0.3) is 0 Å². The van der Waals surface area contributed by atoms with Crippen molar-refractivity contribution in [1.29, 1.82) is 0 Å². The van der Waals surface area contributed by atoms with E-state index in [-0.39, 0.29) is 11.9 Å². The number of aryl methyl sites for hydroxylation is 1. The average Bonchev–Trinajstić information content (AvgIpc) is 2.48. The fourth-order valence-electron chi connectivity index (χ4n) is 2.42. The minimum absolute atomic E-state index is 0.0116. The van der Waals surface area contributed by atoms with Crippen LogP contribution in [0.15, 0.2) is 48.5 Å². The number of nitrogens with one attached hydrogen (secondary N) is 1. The highest BCUT2D eigenvalue weighted by atomic mass is 16.1. The van der Waals surface area contributed by atoms with Gasteiger partial charge in [0.2, 0.25) is 0 Å². The van der Waals surface area contributed by atoms with Gasteiger partial charge in [-0.1, -0.05) is 36.4 Å². The molecule has 0 heterocycles. The zero-order chi connectivity index (χ0) is 15.2. The number of benzene rings is 2. The van der Waals surface area contributed by atoms with Crippen molar-refractivity contribution in [3.63, 3.8) is 0 Å². The van der Waals surface area contributed by atoms with Gasteiger partial charge in [-0.25, -0.2) is 0 Å². The minimum atomic E-state index is -0.0509. The summed E-state index contributed by atoms with van der Waals surface area (Å²) in [5.74, 6) is -0.0509. The van der Waals surface area contributed by atoms with E-state index in [1.807, 2.05) is 49.4 Å². The maximum atomic E-state index is 12.3. The van der Waals surface area contributed by atoms with Crippen molar-refractivity contribution in [2.45, 2.75) is 26.3 Å². The van der Waals surface area contributed by atoms with Gasteiger partial charge in [0.1, 0.15) is 0 Å². The second-order valence-electron chi connectivity index (χ2n) is 5.29. The van der Waals surface area contributed by atoms with Gasteiger partial charge in [0, 0.05) is 5.56 Å². The summed E-state index contributed by atoms with van der Waals surface area (Å²) in [6.45, 7) is 4.68. The van der Waals surface area contributed by atoms with Gasteiger partial charge in [-0.3, -0.25) is 4.79 Å². The summed E-state index contributed by atoms with van der Waals surface area (Å²) in [5, 5.41) is 3.04. The van der Waals surface area contributed by atoms with E-state index in [4.69, 9.17) is 5.73 Å². The summed E-state index contributed by atoms with van der Waals surface area (Å²) < 4.78 is 0. The maximum absolute atomic E-state index is 12.3. The molecule has 2 rings (SSSR count). The van der Waals surface area contributed by atoms with E-state index in [0.29, 0.717) is 12.1 Å². The first-order valence-corrected chi connectivity index (χ1v) is 7.27. The third-order valence-corrected chi connectivity index (χ3v) is 3.65. The normalized spacial score (nSPS) is 12.0. The Balaban J connectivity index is 2.05. The Bertz CT molecular complexity index is 605. The number of amides is 1. The third kappa shape index (κ3) is 3.92. The molecule has 0 saturated carbocycles. The molecule has 3 nitrogen and oxygen atoms in total. The average molecular weight is 282 g/mol. The molecule has 0 unspecified atom stereocenters. The smallest absolute Gasteiger partial charge is 0.251 e. The van der Waals surface area contributed by atoms with E-state index in [1.165, 1.54) is 5.56 Å². The lowest BCUT2D eigenvalue weighted by molar-refractivity contribution is 0.0940. The molecule has 2 aromatic rings. The van der Waals surface area contributed by atoms with Crippen molar-refractivity contribution < 1.29 is 4.79 Å². The molecule has 0 radical (unpaired) electrons. The number of carbonyl (C=O) groups is 1. The molecule has 0 spiro atoms. The van der Waals surface area contributed by atoms with Crippen LogP contribution in [0.3, 0.4) is 0 Å². The summed E-state index contributed by atoms with van der Waals surface area (Å²) >= 11 is 0. The molecule has 0 aliphatic heterocycles. The lowest BCUT2D eigenvalue weighted by Crippen LogP contribution is -2.27. The highest BCUT2D eigenvalue weighted by Crippen LogP contribution is 2.17. The first kappa shape index (κ1) is 15.3. The maximum Gasteiger partial charge on any atom is 0.251 e. The van der Waals surface area contributed by atoms with Crippen LogP contribution in [0.4, 0.5) is 0 Å². The molecule has 21 heavy (non-hydrogen) atoms. The number of nitrogens with two attached hydrogens (primary N) is 1. The summed E-state index contributed by atoms with van der Waals surface area (Å²) in [6, 6.07) is 15.7. The number of hydrogen-bond acceptors (Lipinski definition) is 2. The summed E-state index contributed by atoms with van der Waals surface area (Å²) in [7, 11) is 0. The number of rotatable bonds is 5. The van der Waals surface area contributed by atoms with Crippen LogP contribution in [-0.4, -0.2) is 12.5 Å². The highest BCUT2D eigenvalue weighted by Gasteiger charge is 2.12. The molecule has 0 fully saturated rings. The molecule has 0 aromatic heterocycles. The van der Waals surface area contributed by atoms with Gasteiger partial charge in [-0.15, -0.1) is 0 Å². The quantitative estimate of drug-likeness (QED) is 0.885. The van der Waals surface area contributed by atoms with Crippen LogP contribution in [0, 0.1) is 6.92 Å². The first-order chi connectivity index (χ1) is 10.1. The first-order valence-electron chi connectivity index (χ1n) is 7.27. The van der Waals surface area contributed by atoms with E-state index in [1.54, 1.807) is 0 Å². The van der Waals surface area contributed by atoms with Gasteiger partial charge in [0.15, 0.2) is 0 Å². The molecule has 3 heteroatoms.